The van der Waals surface area contributed by atoms with Crippen molar-refractivity contribution in [2.24, 2.45) is 0 Å². The molecular weight excluding hydrogens is 204 g/mol. The van der Waals surface area contributed by atoms with E-state index in [1.807, 2.05) is 32.0 Å². The first-order valence-corrected chi connectivity index (χ1v) is 4.84. The van der Waals surface area contributed by atoms with Crippen LogP contribution in [0.15, 0.2) is 18.2 Å². The smallest absolute Gasteiger partial charge is 0.137 e. The summed E-state index contributed by atoms with van der Waals surface area (Å²) in [6, 6.07) is 5.71. The quantitative estimate of drug-likeness (QED) is 0.745. The van der Waals surface area contributed by atoms with Crippen LogP contribution < -0.4 is 4.74 Å². The Kier molecular flexibility index (Phi) is 3.14. The molecule has 1 aromatic carbocycles. The summed E-state index contributed by atoms with van der Waals surface area (Å²) < 4.78 is 4.89. The van der Waals surface area contributed by atoms with E-state index in [0.717, 1.165) is 5.56 Å². The summed E-state index contributed by atoms with van der Waals surface area (Å²) in [7, 11) is 1.60. The zero-order chi connectivity index (χ0) is 10.1. The van der Waals surface area contributed by atoms with Crippen LogP contribution in [0.4, 0.5) is 0 Å². The number of thiol groups is 1. The van der Waals surface area contributed by atoms with Crippen LogP contribution in [-0.4, -0.2) is 7.11 Å². The van der Waals surface area contributed by atoms with Crippen molar-refractivity contribution in [1.29, 1.82) is 0 Å². The van der Waals surface area contributed by atoms with Crippen molar-refractivity contribution in [3.8, 4) is 5.75 Å². The van der Waals surface area contributed by atoms with Crippen molar-refractivity contribution < 1.29 is 4.74 Å². The molecule has 0 saturated carbocycles. The van der Waals surface area contributed by atoms with Gasteiger partial charge in [-0.25, -0.2) is 0 Å². The molecule has 0 N–H and O–H groups in total. The molecule has 0 aliphatic heterocycles. The van der Waals surface area contributed by atoms with E-state index in [1.54, 1.807) is 7.11 Å². The van der Waals surface area contributed by atoms with Crippen LogP contribution in [0.25, 0.3) is 0 Å². The van der Waals surface area contributed by atoms with Crippen LogP contribution in [0, 0.1) is 0 Å². The summed E-state index contributed by atoms with van der Waals surface area (Å²) in [5.41, 5.74) is 1.08. The number of hydrogen-bond donors (Lipinski definition) is 1. The van der Waals surface area contributed by atoms with Gasteiger partial charge in [0.15, 0.2) is 0 Å². The van der Waals surface area contributed by atoms with E-state index < -0.39 is 0 Å². The molecule has 0 aliphatic carbocycles. The number of ether oxygens (including phenoxy) is 1. The molecule has 0 bridgehead atoms. The molecule has 0 amide bonds. The minimum Gasteiger partial charge on any atom is -0.495 e. The predicted molar refractivity (Wildman–Crippen MR) is 60.0 cm³/mol. The second kappa shape index (κ2) is 3.81. The third-order valence-electron chi connectivity index (χ3n) is 1.86. The zero-order valence-electron chi connectivity index (χ0n) is 7.97. The fraction of sp³-hybridized carbons (Fsp3) is 0.400. The highest BCUT2D eigenvalue weighted by Gasteiger charge is 2.15. The predicted octanol–water partition coefficient (Wildman–Crippen LogP) is 3.51. The largest absolute Gasteiger partial charge is 0.495 e. The lowest BCUT2D eigenvalue weighted by Gasteiger charge is -2.18. The summed E-state index contributed by atoms with van der Waals surface area (Å²) in [4.78, 5) is 0. The van der Waals surface area contributed by atoms with Crippen LogP contribution >= 0.6 is 24.2 Å². The number of hydrogen-bond acceptors (Lipinski definition) is 2. The van der Waals surface area contributed by atoms with Gasteiger partial charge < -0.3 is 4.74 Å². The van der Waals surface area contributed by atoms with E-state index in [9.17, 15) is 0 Å². The van der Waals surface area contributed by atoms with Gasteiger partial charge in [0.25, 0.3) is 0 Å². The Bertz CT molecular complexity index is 304. The summed E-state index contributed by atoms with van der Waals surface area (Å²) >= 11 is 10.4. The summed E-state index contributed by atoms with van der Waals surface area (Å²) in [6.07, 6.45) is 0. The standard InChI is InChI=1S/C10H13ClOS/c1-10(2,13)7-4-5-9(12-3)8(11)6-7/h4-6,13H,1-3H3. The number of rotatable bonds is 2. The van der Waals surface area contributed by atoms with Gasteiger partial charge in [0.1, 0.15) is 5.75 Å². The lowest BCUT2D eigenvalue weighted by molar-refractivity contribution is 0.415. The maximum absolute atomic E-state index is 5.98. The minimum absolute atomic E-state index is 0.171. The molecule has 0 atom stereocenters. The molecule has 0 unspecified atom stereocenters. The van der Waals surface area contributed by atoms with Crippen molar-refractivity contribution in [2.45, 2.75) is 18.6 Å². The molecule has 0 aromatic heterocycles. The molecular formula is C10H13ClOS. The van der Waals surface area contributed by atoms with Gasteiger partial charge in [-0.1, -0.05) is 17.7 Å². The van der Waals surface area contributed by atoms with Gasteiger partial charge >= 0.3 is 0 Å². The Hall–Kier alpha value is -0.340. The summed E-state index contributed by atoms with van der Waals surface area (Å²) in [5, 5.41) is 0.627. The Morgan fingerprint density at radius 1 is 1.38 bits per heavy atom. The van der Waals surface area contributed by atoms with Gasteiger partial charge in [0.05, 0.1) is 12.1 Å². The van der Waals surface area contributed by atoms with Crippen LogP contribution in [0.5, 0.6) is 5.75 Å². The van der Waals surface area contributed by atoms with E-state index in [1.165, 1.54) is 0 Å². The van der Waals surface area contributed by atoms with E-state index in [4.69, 9.17) is 16.3 Å². The average molecular weight is 217 g/mol. The Morgan fingerprint density at radius 3 is 2.38 bits per heavy atom. The second-order valence-corrected chi connectivity index (χ2v) is 4.93. The summed E-state index contributed by atoms with van der Waals surface area (Å²) in [5.74, 6) is 0.697. The number of halogens is 1. The maximum atomic E-state index is 5.98. The van der Waals surface area contributed by atoms with Gasteiger partial charge in [-0.15, -0.1) is 0 Å². The molecule has 13 heavy (non-hydrogen) atoms. The fourth-order valence-corrected chi connectivity index (χ4v) is 1.44. The van der Waals surface area contributed by atoms with Crippen molar-refractivity contribution >= 4 is 24.2 Å². The second-order valence-electron chi connectivity index (χ2n) is 3.41. The Labute approximate surface area is 89.5 Å². The first-order chi connectivity index (χ1) is 5.95. The molecule has 0 heterocycles. The van der Waals surface area contributed by atoms with Crippen LogP contribution in [0.3, 0.4) is 0 Å². The van der Waals surface area contributed by atoms with Crippen LogP contribution in [-0.2, 0) is 4.75 Å². The van der Waals surface area contributed by atoms with E-state index >= 15 is 0 Å². The molecule has 3 heteroatoms. The molecule has 0 fully saturated rings. The Balaban J connectivity index is 3.10. The molecule has 72 valence electrons. The topological polar surface area (TPSA) is 9.23 Å². The molecule has 1 rings (SSSR count). The van der Waals surface area contributed by atoms with Gasteiger partial charge in [-0.05, 0) is 31.5 Å². The van der Waals surface area contributed by atoms with Gasteiger partial charge in [-0.3, -0.25) is 0 Å². The molecule has 0 spiro atoms. The van der Waals surface area contributed by atoms with Crippen molar-refractivity contribution in [2.75, 3.05) is 7.11 Å². The highest BCUT2D eigenvalue weighted by atomic mass is 35.5. The van der Waals surface area contributed by atoms with Gasteiger partial charge in [0, 0.05) is 4.75 Å². The molecule has 0 saturated heterocycles. The van der Waals surface area contributed by atoms with E-state index in [-0.39, 0.29) is 4.75 Å². The highest BCUT2D eigenvalue weighted by molar-refractivity contribution is 7.81. The van der Waals surface area contributed by atoms with Crippen molar-refractivity contribution in [3.05, 3.63) is 28.8 Å². The fourth-order valence-electron chi connectivity index (χ4n) is 1.05. The first kappa shape index (κ1) is 10.7. The minimum atomic E-state index is -0.171. The molecule has 0 aliphatic rings. The average Bonchev–Trinajstić information content (AvgIpc) is 2.02. The molecule has 1 nitrogen and oxygen atoms in total. The maximum Gasteiger partial charge on any atom is 0.137 e. The number of methoxy groups -OCH3 is 1. The van der Waals surface area contributed by atoms with Gasteiger partial charge in [0.2, 0.25) is 0 Å². The molecule has 1 aromatic rings. The third-order valence-corrected chi connectivity index (χ3v) is 2.41. The Morgan fingerprint density at radius 2 is 2.00 bits per heavy atom. The van der Waals surface area contributed by atoms with Crippen molar-refractivity contribution in [3.63, 3.8) is 0 Å². The highest BCUT2D eigenvalue weighted by Crippen LogP contribution is 2.33. The number of benzene rings is 1. The third kappa shape index (κ3) is 2.55. The van der Waals surface area contributed by atoms with Gasteiger partial charge in [-0.2, -0.15) is 12.6 Å². The first-order valence-electron chi connectivity index (χ1n) is 4.01. The van der Waals surface area contributed by atoms with Crippen molar-refractivity contribution in [1.82, 2.24) is 0 Å². The SMILES string of the molecule is COc1ccc(C(C)(C)S)cc1Cl. The lowest BCUT2D eigenvalue weighted by Crippen LogP contribution is -2.07. The lowest BCUT2D eigenvalue weighted by atomic mass is 10.0. The summed E-state index contributed by atoms with van der Waals surface area (Å²) in [6.45, 7) is 4.04. The zero-order valence-corrected chi connectivity index (χ0v) is 9.62. The van der Waals surface area contributed by atoms with E-state index in [0.29, 0.717) is 10.8 Å². The van der Waals surface area contributed by atoms with Crippen LogP contribution in [0.1, 0.15) is 19.4 Å². The normalized spacial score (nSPS) is 11.5. The van der Waals surface area contributed by atoms with Crippen LogP contribution in [0.2, 0.25) is 5.02 Å². The van der Waals surface area contributed by atoms with E-state index in [2.05, 4.69) is 12.6 Å². The molecule has 0 radical (unpaired) electrons. The monoisotopic (exact) mass is 216 g/mol.